The van der Waals surface area contributed by atoms with E-state index in [1.54, 1.807) is 0 Å². The summed E-state index contributed by atoms with van der Waals surface area (Å²) in [6, 6.07) is 1.58. The summed E-state index contributed by atoms with van der Waals surface area (Å²) in [5, 5.41) is 2.16. The van der Waals surface area contributed by atoms with Crippen LogP contribution in [0, 0.1) is 5.82 Å². The van der Waals surface area contributed by atoms with Crippen molar-refractivity contribution in [3.63, 3.8) is 0 Å². The van der Waals surface area contributed by atoms with E-state index < -0.39 is 35.5 Å². The van der Waals surface area contributed by atoms with Crippen molar-refractivity contribution >= 4 is 23.6 Å². The van der Waals surface area contributed by atoms with Crippen molar-refractivity contribution in [3.05, 3.63) is 34.6 Å². The van der Waals surface area contributed by atoms with E-state index in [0.717, 1.165) is 36.9 Å². The highest BCUT2D eigenvalue weighted by Crippen LogP contribution is 2.36. The van der Waals surface area contributed by atoms with Crippen molar-refractivity contribution < 1.29 is 23.6 Å². The van der Waals surface area contributed by atoms with Crippen LogP contribution in [0.1, 0.15) is 78.7 Å². The van der Waals surface area contributed by atoms with Crippen LogP contribution < -0.4 is 5.32 Å². The zero-order valence-corrected chi connectivity index (χ0v) is 17.5. The molecule has 7 nitrogen and oxygen atoms in total. The van der Waals surface area contributed by atoms with E-state index in [9.17, 15) is 23.6 Å². The number of amides is 4. The lowest BCUT2D eigenvalue weighted by molar-refractivity contribution is -0.136. The van der Waals surface area contributed by atoms with Gasteiger partial charge in [0.15, 0.2) is 0 Å². The third-order valence-electron chi connectivity index (χ3n) is 6.44. The normalized spacial score (nSPS) is 23.7. The highest BCUT2D eigenvalue weighted by Gasteiger charge is 2.45. The standard InChI is InChI=1S/C22H26FN3O4/c1-22(2,3)25-8-6-12(7-9-25)13-10-14-15(11-16(13)23)21(30)26(20(14)29)17-4-5-18(27)24-19(17)28/h10-12,17H,4-9H2,1-3H3,(H,24,27,28)/t17-/m0/s1. The molecule has 2 saturated heterocycles. The minimum atomic E-state index is -1.04. The average molecular weight is 415 g/mol. The second kappa shape index (κ2) is 7.27. The van der Waals surface area contributed by atoms with Crippen LogP contribution in [0.15, 0.2) is 12.1 Å². The number of piperidine rings is 2. The summed E-state index contributed by atoms with van der Waals surface area (Å²) in [5.74, 6) is -2.90. The maximum absolute atomic E-state index is 14.9. The smallest absolute Gasteiger partial charge is 0.262 e. The van der Waals surface area contributed by atoms with Gasteiger partial charge in [-0.05, 0) is 76.7 Å². The Balaban J connectivity index is 1.59. The van der Waals surface area contributed by atoms with E-state index in [-0.39, 0.29) is 35.4 Å². The second-order valence-electron chi connectivity index (χ2n) is 9.30. The van der Waals surface area contributed by atoms with Crippen molar-refractivity contribution in [3.8, 4) is 0 Å². The number of benzene rings is 1. The van der Waals surface area contributed by atoms with Gasteiger partial charge >= 0.3 is 0 Å². The number of nitrogens with one attached hydrogen (secondary N) is 1. The lowest BCUT2D eigenvalue weighted by Gasteiger charge is -2.41. The average Bonchev–Trinajstić information content (AvgIpc) is 2.91. The Morgan fingerprint density at radius 2 is 1.57 bits per heavy atom. The molecule has 3 aliphatic heterocycles. The quantitative estimate of drug-likeness (QED) is 0.749. The SMILES string of the molecule is CC(C)(C)N1CCC(c2cc3c(cc2F)C(=O)N([C@H]2CCC(=O)NC2=O)C3=O)CC1. The maximum atomic E-state index is 14.9. The van der Waals surface area contributed by atoms with Crippen LogP contribution >= 0.6 is 0 Å². The molecule has 4 rings (SSSR count). The third-order valence-corrected chi connectivity index (χ3v) is 6.44. The van der Waals surface area contributed by atoms with Crippen molar-refractivity contribution in [2.75, 3.05) is 13.1 Å². The molecule has 0 aromatic heterocycles. The summed E-state index contributed by atoms with van der Waals surface area (Å²) in [4.78, 5) is 52.6. The van der Waals surface area contributed by atoms with Crippen LogP contribution in [0.4, 0.5) is 4.39 Å². The van der Waals surface area contributed by atoms with E-state index >= 15 is 0 Å². The minimum absolute atomic E-state index is 0.0157. The number of carbonyl (C=O) groups is 4. The van der Waals surface area contributed by atoms with Crippen molar-refractivity contribution in [1.82, 2.24) is 15.1 Å². The van der Waals surface area contributed by atoms with Gasteiger partial charge in [-0.15, -0.1) is 0 Å². The predicted octanol–water partition coefficient (Wildman–Crippen LogP) is 2.20. The number of rotatable bonds is 2. The minimum Gasteiger partial charge on any atom is -0.298 e. The Kier molecular flexibility index (Phi) is 5.00. The molecule has 0 radical (unpaired) electrons. The van der Waals surface area contributed by atoms with E-state index in [1.165, 1.54) is 6.07 Å². The molecule has 1 N–H and O–H groups in total. The van der Waals surface area contributed by atoms with Gasteiger partial charge in [-0.3, -0.25) is 34.3 Å². The number of halogens is 1. The molecule has 0 saturated carbocycles. The zero-order valence-electron chi connectivity index (χ0n) is 17.5. The fraction of sp³-hybridized carbons (Fsp3) is 0.545. The number of hydrogen-bond donors (Lipinski definition) is 1. The molecule has 8 heteroatoms. The number of fused-ring (bicyclic) bond motifs is 1. The van der Waals surface area contributed by atoms with E-state index in [0.29, 0.717) is 5.56 Å². The number of hydrogen-bond acceptors (Lipinski definition) is 5. The Morgan fingerprint density at radius 1 is 0.967 bits per heavy atom. The first kappa shape index (κ1) is 20.7. The number of likely N-dealkylation sites (tertiary alicyclic amines) is 1. The van der Waals surface area contributed by atoms with Crippen molar-refractivity contribution in [2.45, 2.75) is 64.0 Å². The molecule has 0 spiro atoms. The van der Waals surface area contributed by atoms with Gasteiger partial charge in [-0.25, -0.2) is 4.39 Å². The van der Waals surface area contributed by atoms with Gasteiger partial charge in [0.25, 0.3) is 11.8 Å². The maximum Gasteiger partial charge on any atom is 0.262 e. The summed E-state index contributed by atoms with van der Waals surface area (Å²) in [6.07, 6.45) is 1.67. The van der Waals surface area contributed by atoms with Crippen LogP contribution in [0.2, 0.25) is 0 Å². The van der Waals surface area contributed by atoms with Crippen LogP contribution in [0.3, 0.4) is 0 Å². The molecule has 4 amide bonds. The lowest BCUT2D eigenvalue weighted by atomic mass is 9.86. The molecule has 160 valence electrons. The molecule has 1 atom stereocenters. The molecule has 0 unspecified atom stereocenters. The Morgan fingerprint density at radius 3 is 2.13 bits per heavy atom. The topological polar surface area (TPSA) is 86.8 Å². The zero-order chi connectivity index (χ0) is 21.8. The van der Waals surface area contributed by atoms with Gasteiger partial charge in [0, 0.05) is 12.0 Å². The fourth-order valence-corrected chi connectivity index (χ4v) is 4.68. The van der Waals surface area contributed by atoms with Gasteiger partial charge in [-0.2, -0.15) is 0 Å². The molecule has 0 bridgehead atoms. The summed E-state index contributed by atoms with van der Waals surface area (Å²) in [5.41, 5.74) is 0.623. The highest BCUT2D eigenvalue weighted by atomic mass is 19.1. The summed E-state index contributed by atoms with van der Waals surface area (Å²) in [6.45, 7) is 8.12. The summed E-state index contributed by atoms with van der Waals surface area (Å²) < 4.78 is 14.9. The van der Waals surface area contributed by atoms with Gasteiger partial charge in [-0.1, -0.05) is 0 Å². The number of nitrogens with zero attached hydrogens (tertiary/aromatic N) is 2. The monoisotopic (exact) mass is 415 g/mol. The molecule has 2 fully saturated rings. The third kappa shape index (κ3) is 3.43. The number of imide groups is 2. The van der Waals surface area contributed by atoms with Gasteiger partial charge in [0.1, 0.15) is 11.9 Å². The lowest BCUT2D eigenvalue weighted by Crippen LogP contribution is -2.54. The molecule has 30 heavy (non-hydrogen) atoms. The molecule has 1 aromatic rings. The van der Waals surface area contributed by atoms with Crippen molar-refractivity contribution in [1.29, 1.82) is 0 Å². The molecule has 3 aliphatic rings. The van der Waals surface area contributed by atoms with Crippen LogP contribution in [0.25, 0.3) is 0 Å². The summed E-state index contributed by atoms with van der Waals surface area (Å²) >= 11 is 0. The van der Waals surface area contributed by atoms with Crippen molar-refractivity contribution in [2.24, 2.45) is 0 Å². The largest absolute Gasteiger partial charge is 0.298 e. The fourth-order valence-electron chi connectivity index (χ4n) is 4.68. The van der Waals surface area contributed by atoms with Gasteiger partial charge in [0.2, 0.25) is 11.8 Å². The summed E-state index contributed by atoms with van der Waals surface area (Å²) in [7, 11) is 0. The van der Waals surface area contributed by atoms with E-state index in [1.807, 2.05) is 0 Å². The van der Waals surface area contributed by atoms with E-state index in [4.69, 9.17) is 0 Å². The number of carbonyl (C=O) groups excluding carboxylic acids is 4. The molecule has 0 aliphatic carbocycles. The molecule has 3 heterocycles. The molecular formula is C22H26FN3O4. The van der Waals surface area contributed by atoms with Crippen LogP contribution in [0.5, 0.6) is 0 Å². The Hall–Kier alpha value is -2.61. The second-order valence-corrected chi connectivity index (χ2v) is 9.30. The predicted molar refractivity (Wildman–Crippen MR) is 106 cm³/mol. The Labute approximate surface area is 174 Å². The first-order chi connectivity index (χ1) is 14.1. The van der Waals surface area contributed by atoms with Crippen LogP contribution in [-0.2, 0) is 9.59 Å². The van der Waals surface area contributed by atoms with Crippen LogP contribution in [-0.4, -0.2) is 58.1 Å². The van der Waals surface area contributed by atoms with Gasteiger partial charge in [0.05, 0.1) is 11.1 Å². The molecule has 1 aromatic carbocycles. The highest BCUT2D eigenvalue weighted by molar-refractivity contribution is 6.23. The van der Waals surface area contributed by atoms with E-state index in [2.05, 4.69) is 31.0 Å². The first-order valence-corrected chi connectivity index (χ1v) is 10.4. The van der Waals surface area contributed by atoms with Gasteiger partial charge < -0.3 is 0 Å². The Bertz CT molecular complexity index is 944. The molecular weight excluding hydrogens is 389 g/mol. The first-order valence-electron chi connectivity index (χ1n) is 10.4.